The van der Waals surface area contributed by atoms with Crippen LogP contribution in [0.25, 0.3) is 11.5 Å². The zero-order chi connectivity index (χ0) is 17.6. The van der Waals surface area contributed by atoms with Crippen LogP contribution >= 0.6 is 11.6 Å². The molecule has 1 aliphatic heterocycles. The van der Waals surface area contributed by atoms with E-state index >= 15 is 0 Å². The van der Waals surface area contributed by atoms with E-state index in [1.165, 1.54) is 0 Å². The first-order valence-corrected chi connectivity index (χ1v) is 8.40. The predicted octanol–water partition coefficient (Wildman–Crippen LogP) is 2.73. The zero-order valence-electron chi connectivity index (χ0n) is 13.9. The van der Waals surface area contributed by atoms with Crippen molar-refractivity contribution in [2.45, 2.75) is 33.0 Å². The molecule has 1 amide bonds. The summed E-state index contributed by atoms with van der Waals surface area (Å²) >= 11 is 6.23. The Balaban J connectivity index is 1.68. The number of aromatic nitrogens is 5. The molecule has 25 heavy (non-hydrogen) atoms. The summed E-state index contributed by atoms with van der Waals surface area (Å²) < 4.78 is 1.87. The lowest BCUT2D eigenvalue weighted by Crippen LogP contribution is -2.41. The van der Waals surface area contributed by atoms with Crippen LogP contribution in [0.15, 0.2) is 30.6 Å². The number of aromatic amines is 1. The molecule has 2 aromatic heterocycles. The first kappa shape index (κ1) is 15.8. The monoisotopic (exact) mass is 356 g/mol. The van der Waals surface area contributed by atoms with E-state index < -0.39 is 6.04 Å². The van der Waals surface area contributed by atoms with Gasteiger partial charge in [0.1, 0.15) is 11.7 Å². The Bertz CT molecular complexity index is 946. The van der Waals surface area contributed by atoms with Crippen LogP contribution in [0.3, 0.4) is 0 Å². The molecule has 4 rings (SSSR count). The van der Waals surface area contributed by atoms with Crippen molar-refractivity contribution in [3.05, 3.63) is 52.7 Å². The Hall–Kier alpha value is -2.67. The van der Waals surface area contributed by atoms with Gasteiger partial charge in [0.25, 0.3) is 0 Å². The maximum absolute atomic E-state index is 12.9. The largest absolute Gasteiger partial charge is 0.348 e. The topological polar surface area (TPSA) is 79.7 Å². The fraction of sp³-hybridized carbons (Fsp3) is 0.294. The lowest BCUT2D eigenvalue weighted by atomic mass is 10.1. The van der Waals surface area contributed by atoms with Crippen molar-refractivity contribution in [2.24, 2.45) is 0 Å². The summed E-state index contributed by atoms with van der Waals surface area (Å²) in [6.07, 6.45) is 1.62. The molecule has 1 N–H and O–H groups in total. The number of carbonyl (C=O) groups excluding carboxylic acids is 1. The quantitative estimate of drug-likeness (QED) is 0.782. The number of rotatable bonds is 3. The number of hydrogen-bond donors (Lipinski definition) is 1. The minimum absolute atomic E-state index is 0.0154. The van der Waals surface area contributed by atoms with Gasteiger partial charge >= 0.3 is 0 Å². The molecule has 3 aromatic rings. The summed E-state index contributed by atoms with van der Waals surface area (Å²) in [6.45, 7) is 4.62. The average molecular weight is 357 g/mol. The van der Waals surface area contributed by atoms with Crippen molar-refractivity contribution < 1.29 is 4.79 Å². The number of carbonyl (C=O) groups is 1. The number of benzene rings is 1. The Morgan fingerprint density at radius 2 is 2.12 bits per heavy atom. The predicted molar refractivity (Wildman–Crippen MR) is 92.8 cm³/mol. The number of hydrogen-bond acceptors (Lipinski definition) is 4. The fourth-order valence-electron chi connectivity index (χ4n) is 3.17. The number of halogens is 1. The second-order valence-electron chi connectivity index (χ2n) is 6.15. The molecule has 0 unspecified atom stereocenters. The van der Waals surface area contributed by atoms with E-state index in [0.717, 1.165) is 22.8 Å². The SMILES string of the molecule is Cc1[nH]cnc1-c1nnc2n1[C@@H](C)C(=O)N(Cc1ccccc1Cl)C2. The Kier molecular flexibility index (Phi) is 3.80. The molecule has 1 atom stereocenters. The number of imidazole rings is 1. The van der Waals surface area contributed by atoms with Gasteiger partial charge in [-0.3, -0.25) is 9.36 Å². The van der Waals surface area contributed by atoms with Crippen molar-refractivity contribution in [2.75, 3.05) is 0 Å². The van der Waals surface area contributed by atoms with E-state index in [1.807, 2.05) is 42.7 Å². The van der Waals surface area contributed by atoms with Gasteiger partial charge in [0, 0.05) is 17.3 Å². The molecule has 8 heteroatoms. The van der Waals surface area contributed by atoms with Gasteiger partial charge in [-0.15, -0.1) is 10.2 Å². The number of amides is 1. The van der Waals surface area contributed by atoms with Gasteiger partial charge in [-0.05, 0) is 25.5 Å². The van der Waals surface area contributed by atoms with Crippen molar-refractivity contribution in [1.29, 1.82) is 0 Å². The smallest absolute Gasteiger partial charge is 0.246 e. The number of H-pyrrole nitrogens is 1. The van der Waals surface area contributed by atoms with Crippen molar-refractivity contribution in [1.82, 2.24) is 29.6 Å². The summed E-state index contributed by atoms with van der Waals surface area (Å²) in [4.78, 5) is 22.0. The lowest BCUT2D eigenvalue weighted by Gasteiger charge is -2.32. The van der Waals surface area contributed by atoms with E-state index in [9.17, 15) is 4.79 Å². The van der Waals surface area contributed by atoms with E-state index in [0.29, 0.717) is 23.9 Å². The molecule has 0 aliphatic carbocycles. The highest BCUT2D eigenvalue weighted by molar-refractivity contribution is 6.31. The van der Waals surface area contributed by atoms with Crippen molar-refractivity contribution in [3.8, 4) is 11.5 Å². The van der Waals surface area contributed by atoms with Gasteiger partial charge in [0.15, 0.2) is 11.6 Å². The molecule has 7 nitrogen and oxygen atoms in total. The Labute approximate surface area is 149 Å². The summed E-state index contributed by atoms with van der Waals surface area (Å²) in [5.41, 5.74) is 2.53. The number of fused-ring (bicyclic) bond motifs is 1. The maximum atomic E-state index is 12.9. The van der Waals surface area contributed by atoms with Crippen LogP contribution in [-0.4, -0.2) is 35.5 Å². The van der Waals surface area contributed by atoms with Gasteiger partial charge in [0.2, 0.25) is 5.91 Å². The second kappa shape index (κ2) is 6.00. The van der Waals surface area contributed by atoms with E-state index in [-0.39, 0.29) is 5.91 Å². The first-order valence-electron chi connectivity index (χ1n) is 8.02. The molecule has 1 aliphatic rings. The maximum Gasteiger partial charge on any atom is 0.246 e. The van der Waals surface area contributed by atoms with Gasteiger partial charge in [-0.2, -0.15) is 0 Å². The Morgan fingerprint density at radius 3 is 2.84 bits per heavy atom. The standard InChI is InChI=1S/C17H17ClN6O/c1-10-15(20-9-19-10)16-22-21-14-8-23(17(25)11(2)24(14)16)7-12-5-3-4-6-13(12)18/h3-6,9,11H,7-8H2,1-2H3,(H,19,20)/t11-/m0/s1. The average Bonchev–Trinajstić information content (AvgIpc) is 3.20. The van der Waals surface area contributed by atoms with Crippen LogP contribution in [0.4, 0.5) is 0 Å². The fourth-order valence-corrected chi connectivity index (χ4v) is 3.37. The van der Waals surface area contributed by atoms with Crippen LogP contribution < -0.4 is 0 Å². The third kappa shape index (κ3) is 2.60. The Morgan fingerprint density at radius 1 is 1.32 bits per heavy atom. The highest BCUT2D eigenvalue weighted by atomic mass is 35.5. The van der Waals surface area contributed by atoms with E-state index in [1.54, 1.807) is 11.2 Å². The summed E-state index contributed by atoms with van der Waals surface area (Å²) in [5, 5.41) is 9.21. The van der Waals surface area contributed by atoms with Crippen LogP contribution in [-0.2, 0) is 17.9 Å². The van der Waals surface area contributed by atoms with Gasteiger partial charge in [-0.1, -0.05) is 29.8 Å². The number of nitrogens with one attached hydrogen (secondary N) is 1. The highest BCUT2D eigenvalue weighted by Gasteiger charge is 2.34. The molecule has 0 bridgehead atoms. The summed E-state index contributed by atoms with van der Waals surface area (Å²) in [6, 6.07) is 7.16. The molecule has 0 spiro atoms. The highest BCUT2D eigenvalue weighted by Crippen LogP contribution is 2.30. The third-order valence-electron chi connectivity index (χ3n) is 4.52. The first-order chi connectivity index (χ1) is 12.1. The molecule has 0 fully saturated rings. The normalized spacial score (nSPS) is 17.0. The molecule has 128 valence electrons. The van der Waals surface area contributed by atoms with Crippen LogP contribution in [0, 0.1) is 6.92 Å². The van der Waals surface area contributed by atoms with Gasteiger partial charge < -0.3 is 9.88 Å². The summed E-state index contributed by atoms with van der Waals surface area (Å²) in [5.74, 6) is 1.38. The summed E-state index contributed by atoms with van der Waals surface area (Å²) in [7, 11) is 0. The molecule has 0 radical (unpaired) electrons. The molecule has 1 aromatic carbocycles. The van der Waals surface area contributed by atoms with E-state index in [4.69, 9.17) is 11.6 Å². The molecular formula is C17H17ClN6O. The lowest BCUT2D eigenvalue weighted by molar-refractivity contribution is -0.137. The molecule has 0 saturated carbocycles. The molecule has 0 saturated heterocycles. The van der Waals surface area contributed by atoms with Gasteiger partial charge in [0.05, 0.1) is 12.9 Å². The van der Waals surface area contributed by atoms with Crippen LogP contribution in [0.5, 0.6) is 0 Å². The minimum Gasteiger partial charge on any atom is -0.348 e. The minimum atomic E-state index is -0.396. The molecule has 3 heterocycles. The van der Waals surface area contributed by atoms with E-state index in [2.05, 4.69) is 20.2 Å². The van der Waals surface area contributed by atoms with Crippen molar-refractivity contribution in [3.63, 3.8) is 0 Å². The molecular weight excluding hydrogens is 340 g/mol. The third-order valence-corrected chi connectivity index (χ3v) is 4.88. The zero-order valence-corrected chi connectivity index (χ0v) is 14.7. The van der Waals surface area contributed by atoms with Crippen LogP contribution in [0.2, 0.25) is 5.02 Å². The van der Waals surface area contributed by atoms with Crippen LogP contribution in [0.1, 0.15) is 30.0 Å². The number of nitrogens with zero attached hydrogens (tertiary/aromatic N) is 5. The van der Waals surface area contributed by atoms with Crippen molar-refractivity contribution >= 4 is 17.5 Å². The second-order valence-corrected chi connectivity index (χ2v) is 6.55. The number of aryl methyl sites for hydroxylation is 1. The van der Waals surface area contributed by atoms with Gasteiger partial charge in [-0.25, -0.2) is 4.98 Å².